The molecule has 1 heterocycles. The lowest BCUT2D eigenvalue weighted by molar-refractivity contribution is 0.116. The first-order chi connectivity index (χ1) is 15.4. The van der Waals surface area contributed by atoms with Crippen molar-refractivity contribution in [3.05, 3.63) is 59.4 Å². The van der Waals surface area contributed by atoms with Crippen molar-refractivity contribution in [1.82, 2.24) is 0 Å². The topological polar surface area (TPSA) is 21.6 Å². The Morgan fingerprint density at radius 3 is 2.34 bits per heavy atom. The molecule has 5 rings (SSSR count). The molecule has 3 aliphatic rings. The Labute approximate surface area is 192 Å². The summed E-state index contributed by atoms with van der Waals surface area (Å²) in [5, 5.41) is 0. The molecule has 0 radical (unpaired) electrons. The molecule has 4 unspecified atom stereocenters. The Morgan fingerprint density at radius 1 is 0.938 bits per heavy atom. The van der Waals surface area contributed by atoms with Crippen LogP contribution in [0.3, 0.4) is 0 Å². The molecule has 170 valence electrons. The van der Waals surface area contributed by atoms with Crippen molar-refractivity contribution in [3.8, 4) is 11.1 Å². The molecule has 0 aromatic heterocycles. The maximum atomic E-state index is 14.9. The van der Waals surface area contributed by atoms with Crippen LogP contribution in [0.15, 0.2) is 47.5 Å². The van der Waals surface area contributed by atoms with Gasteiger partial charge in [0, 0.05) is 0 Å². The third kappa shape index (κ3) is 4.36. The molecule has 4 atom stereocenters. The third-order valence-corrected chi connectivity index (χ3v) is 8.18. The van der Waals surface area contributed by atoms with Crippen molar-refractivity contribution < 1.29 is 9.13 Å². The number of hydrogen-bond donors (Lipinski definition) is 0. The van der Waals surface area contributed by atoms with Crippen LogP contribution in [0, 0.1) is 23.6 Å². The lowest BCUT2D eigenvalue weighted by atomic mass is 9.63. The van der Waals surface area contributed by atoms with Gasteiger partial charge < -0.3 is 4.74 Å². The van der Waals surface area contributed by atoms with Crippen molar-refractivity contribution in [3.63, 3.8) is 0 Å². The Kier molecular flexibility index (Phi) is 5.86. The molecule has 0 bridgehead atoms. The normalized spacial score (nSPS) is 29.2. The van der Waals surface area contributed by atoms with E-state index in [1.54, 1.807) is 12.1 Å². The van der Waals surface area contributed by atoms with Crippen LogP contribution in [-0.4, -0.2) is 18.0 Å². The molecule has 0 N–H and O–H groups in total. The summed E-state index contributed by atoms with van der Waals surface area (Å²) in [7, 11) is 0. The number of benzene rings is 2. The Hall–Kier alpha value is -2.16. The van der Waals surface area contributed by atoms with Gasteiger partial charge in [0.2, 0.25) is 5.90 Å². The average molecular weight is 434 g/mol. The second-order valence-corrected chi connectivity index (χ2v) is 11.0. The van der Waals surface area contributed by atoms with E-state index < -0.39 is 0 Å². The highest BCUT2D eigenvalue weighted by atomic mass is 19.1. The molecule has 3 heteroatoms. The third-order valence-electron chi connectivity index (χ3n) is 8.18. The van der Waals surface area contributed by atoms with Crippen molar-refractivity contribution in [2.24, 2.45) is 22.7 Å². The molecule has 32 heavy (non-hydrogen) atoms. The van der Waals surface area contributed by atoms with Crippen LogP contribution in [-0.2, 0) is 4.74 Å². The van der Waals surface area contributed by atoms with Gasteiger partial charge in [-0.1, -0.05) is 50.1 Å². The molecule has 2 saturated carbocycles. The highest BCUT2D eigenvalue weighted by Gasteiger charge is 2.35. The fraction of sp³-hybridized carbons (Fsp3) is 0.552. The SMILES string of the molecule is CCC1CCC2CC(c3ccc(-c4ccc(C5=NC(C)(C)CO5)c(F)c4)cc3)CCC2C1. The van der Waals surface area contributed by atoms with E-state index >= 15 is 0 Å². The fourth-order valence-corrected chi connectivity index (χ4v) is 6.20. The van der Waals surface area contributed by atoms with Gasteiger partial charge in [0.05, 0.1) is 11.1 Å². The van der Waals surface area contributed by atoms with E-state index in [9.17, 15) is 4.39 Å². The molecule has 2 aliphatic carbocycles. The van der Waals surface area contributed by atoms with Gasteiger partial charge in [-0.05, 0) is 98.4 Å². The zero-order valence-corrected chi connectivity index (χ0v) is 19.7. The molecule has 0 amide bonds. The van der Waals surface area contributed by atoms with Crippen molar-refractivity contribution >= 4 is 5.90 Å². The van der Waals surface area contributed by atoms with E-state index in [1.165, 1.54) is 50.5 Å². The van der Waals surface area contributed by atoms with Gasteiger partial charge in [-0.15, -0.1) is 0 Å². The molecule has 2 aromatic rings. The maximum absolute atomic E-state index is 14.9. The summed E-state index contributed by atoms with van der Waals surface area (Å²) in [6, 6.07) is 14.3. The van der Waals surface area contributed by atoms with Crippen LogP contribution in [0.25, 0.3) is 11.1 Å². The Bertz CT molecular complexity index is 993. The number of halogens is 1. The number of hydrogen-bond acceptors (Lipinski definition) is 2. The number of nitrogens with zero attached hydrogens (tertiary/aromatic N) is 1. The number of ether oxygens (including phenoxy) is 1. The molecule has 2 fully saturated rings. The van der Waals surface area contributed by atoms with E-state index in [-0.39, 0.29) is 11.4 Å². The minimum Gasteiger partial charge on any atom is -0.475 e. The Balaban J connectivity index is 1.28. The lowest BCUT2D eigenvalue weighted by Crippen LogP contribution is -2.30. The van der Waals surface area contributed by atoms with Gasteiger partial charge in [0.15, 0.2) is 0 Å². The molecule has 0 saturated heterocycles. The number of rotatable bonds is 4. The van der Waals surface area contributed by atoms with Crippen molar-refractivity contribution in [1.29, 1.82) is 0 Å². The van der Waals surface area contributed by atoms with Gasteiger partial charge in [-0.3, -0.25) is 0 Å². The summed E-state index contributed by atoms with van der Waals surface area (Å²) in [6.45, 7) is 6.84. The first-order valence-electron chi connectivity index (χ1n) is 12.5. The first-order valence-corrected chi connectivity index (χ1v) is 12.5. The zero-order valence-electron chi connectivity index (χ0n) is 19.7. The number of aliphatic imine (C=N–C) groups is 1. The van der Waals surface area contributed by atoms with Crippen LogP contribution in [0.1, 0.15) is 82.8 Å². The van der Waals surface area contributed by atoms with E-state index in [0.717, 1.165) is 28.9 Å². The van der Waals surface area contributed by atoms with Gasteiger partial charge in [-0.2, -0.15) is 0 Å². The molecule has 1 aliphatic heterocycles. The minimum atomic E-state index is -0.287. The molecular weight excluding hydrogens is 397 g/mol. The highest BCUT2D eigenvalue weighted by Crippen LogP contribution is 2.48. The molecule has 0 spiro atoms. The summed E-state index contributed by atoms with van der Waals surface area (Å²) in [5.41, 5.74) is 3.58. The zero-order chi connectivity index (χ0) is 22.3. The number of fused-ring (bicyclic) bond motifs is 1. The molecule has 2 nitrogen and oxygen atoms in total. The van der Waals surface area contributed by atoms with Gasteiger partial charge in [0.25, 0.3) is 0 Å². The summed E-state index contributed by atoms with van der Waals surface area (Å²) in [5.74, 6) is 3.68. The van der Waals surface area contributed by atoms with Crippen LogP contribution in [0.2, 0.25) is 0 Å². The van der Waals surface area contributed by atoms with E-state index in [2.05, 4.69) is 36.2 Å². The summed E-state index contributed by atoms with van der Waals surface area (Å²) in [4.78, 5) is 4.51. The van der Waals surface area contributed by atoms with E-state index in [4.69, 9.17) is 4.74 Å². The van der Waals surface area contributed by atoms with Gasteiger partial charge in [0.1, 0.15) is 12.4 Å². The minimum absolute atomic E-state index is 0.274. The van der Waals surface area contributed by atoms with E-state index in [1.807, 2.05) is 19.9 Å². The largest absolute Gasteiger partial charge is 0.475 e. The summed E-state index contributed by atoms with van der Waals surface area (Å²) < 4.78 is 20.5. The highest BCUT2D eigenvalue weighted by molar-refractivity contribution is 5.96. The first kappa shape index (κ1) is 21.7. The quantitative estimate of drug-likeness (QED) is 0.483. The van der Waals surface area contributed by atoms with Crippen LogP contribution >= 0.6 is 0 Å². The van der Waals surface area contributed by atoms with Crippen LogP contribution in [0.5, 0.6) is 0 Å². The maximum Gasteiger partial charge on any atom is 0.219 e. The van der Waals surface area contributed by atoms with Crippen molar-refractivity contribution in [2.45, 2.75) is 77.2 Å². The van der Waals surface area contributed by atoms with Gasteiger partial charge in [-0.25, -0.2) is 9.38 Å². The van der Waals surface area contributed by atoms with Crippen molar-refractivity contribution in [2.75, 3.05) is 6.61 Å². The summed E-state index contributed by atoms with van der Waals surface area (Å²) >= 11 is 0. The molecule has 2 aromatic carbocycles. The van der Waals surface area contributed by atoms with E-state index in [0.29, 0.717) is 24.0 Å². The summed E-state index contributed by atoms with van der Waals surface area (Å²) in [6.07, 6.45) is 9.73. The van der Waals surface area contributed by atoms with Crippen LogP contribution in [0.4, 0.5) is 4.39 Å². The average Bonchev–Trinajstić information content (AvgIpc) is 3.17. The van der Waals surface area contributed by atoms with Crippen LogP contribution < -0.4 is 0 Å². The van der Waals surface area contributed by atoms with Gasteiger partial charge >= 0.3 is 0 Å². The standard InChI is InChI=1S/C29H36FNO/c1-4-19-5-6-24-16-23(12-11-22(24)15-19)20-7-9-21(10-8-20)25-13-14-26(27(30)17-25)28-31-29(2,3)18-32-28/h7-10,13-14,17,19,22-24H,4-6,11-12,15-16,18H2,1-3H3. The monoisotopic (exact) mass is 433 g/mol. The fourth-order valence-electron chi connectivity index (χ4n) is 6.20. The Morgan fingerprint density at radius 2 is 1.66 bits per heavy atom. The predicted octanol–water partition coefficient (Wildman–Crippen LogP) is 7.76. The predicted molar refractivity (Wildman–Crippen MR) is 130 cm³/mol. The molecular formula is C29H36FNO. The lowest BCUT2D eigenvalue weighted by Gasteiger charge is -2.42. The second kappa shape index (κ2) is 8.65. The smallest absolute Gasteiger partial charge is 0.219 e. The second-order valence-electron chi connectivity index (χ2n) is 11.0.